The highest BCUT2D eigenvalue weighted by molar-refractivity contribution is 9.10. The third-order valence-corrected chi connectivity index (χ3v) is 3.93. The van der Waals surface area contributed by atoms with Gasteiger partial charge in [-0.15, -0.1) is 0 Å². The van der Waals surface area contributed by atoms with Gasteiger partial charge in [0.05, 0.1) is 12.1 Å². The van der Waals surface area contributed by atoms with Gasteiger partial charge in [-0.1, -0.05) is 0 Å². The highest BCUT2D eigenvalue weighted by Gasteiger charge is 2.29. The summed E-state index contributed by atoms with van der Waals surface area (Å²) in [7, 11) is 0. The summed E-state index contributed by atoms with van der Waals surface area (Å²) in [6, 6.07) is 5.31. The second-order valence-electron chi connectivity index (χ2n) is 5.05. The Labute approximate surface area is 136 Å². The number of carbonyl (C=O) groups is 1. The minimum atomic E-state index is -0.118. The van der Waals surface area contributed by atoms with Crippen LogP contribution in [0.2, 0.25) is 0 Å². The van der Waals surface area contributed by atoms with Crippen molar-refractivity contribution in [1.82, 2.24) is 14.9 Å². The van der Waals surface area contributed by atoms with Gasteiger partial charge < -0.3 is 15.4 Å². The topological polar surface area (TPSA) is 81.3 Å². The van der Waals surface area contributed by atoms with Crippen LogP contribution in [-0.4, -0.2) is 40.0 Å². The monoisotopic (exact) mass is 362 g/mol. The summed E-state index contributed by atoms with van der Waals surface area (Å²) < 4.78 is 6.59. The van der Waals surface area contributed by atoms with E-state index in [1.165, 1.54) is 0 Å². The van der Waals surface area contributed by atoms with Crippen LogP contribution in [0, 0.1) is 0 Å². The number of rotatable bonds is 3. The lowest BCUT2D eigenvalue weighted by Crippen LogP contribution is -2.31. The average Bonchev–Trinajstić information content (AvgIpc) is 2.98. The summed E-state index contributed by atoms with van der Waals surface area (Å²) in [4.78, 5) is 22.2. The molecule has 1 saturated heterocycles. The summed E-state index contributed by atoms with van der Waals surface area (Å²) in [6.07, 6.45) is 5.70. The lowest BCUT2D eigenvalue weighted by atomic mass is 10.2. The standard InChI is InChI=1S/C15H15BrN4O2/c16-10-7-13(14(17)19-8-10)15(21)20-6-3-12(9-20)22-11-1-4-18-5-2-11/h1-2,4-5,7-8,12H,3,6,9H2,(H2,17,19). The number of pyridine rings is 2. The Morgan fingerprint density at radius 1 is 1.41 bits per heavy atom. The number of amides is 1. The fourth-order valence-electron chi connectivity index (χ4n) is 2.41. The molecule has 0 radical (unpaired) electrons. The van der Waals surface area contributed by atoms with E-state index in [9.17, 15) is 4.79 Å². The molecule has 1 unspecified atom stereocenters. The molecule has 114 valence electrons. The van der Waals surface area contributed by atoms with Gasteiger partial charge in [-0.05, 0) is 34.1 Å². The third kappa shape index (κ3) is 3.19. The van der Waals surface area contributed by atoms with Crippen LogP contribution in [0.5, 0.6) is 5.75 Å². The molecule has 0 bridgehead atoms. The predicted molar refractivity (Wildman–Crippen MR) is 85.5 cm³/mol. The van der Waals surface area contributed by atoms with Crippen LogP contribution in [0.4, 0.5) is 5.82 Å². The first-order chi connectivity index (χ1) is 10.6. The van der Waals surface area contributed by atoms with E-state index in [2.05, 4.69) is 25.9 Å². The summed E-state index contributed by atoms with van der Waals surface area (Å²) in [5.41, 5.74) is 6.21. The summed E-state index contributed by atoms with van der Waals surface area (Å²) in [5, 5.41) is 0. The Balaban J connectivity index is 1.67. The number of likely N-dealkylation sites (tertiary alicyclic amines) is 1. The molecule has 1 amide bonds. The first-order valence-electron chi connectivity index (χ1n) is 6.90. The Morgan fingerprint density at radius 2 is 2.18 bits per heavy atom. The van der Waals surface area contributed by atoms with Gasteiger partial charge in [0.1, 0.15) is 17.7 Å². The van der Waals surface area contributed by atoms with Gasteiger partial charge in [-0.25, -0.2) is 4.98 Å². The summed E-state index contributed by atoms with van der Waals surface area (Å²) >= 11 is 3.31. The molecular formula is C15H15BrN4O2. The lowest BCUT2D eigenvalue weighted by Gasteiger charge is -2.18. The summed E-state index contributed by atoms with van der Waals surface area (Å²) in [5.74, 6) is 0.886. The van der Waals surface area contributed by atoms with Crippen molar-refractivity contribution in [2.24, 2.45) is 0 Å². The van der Waals surface area contributed by atoms with Crippen molar-refractivity contribution in [3.8, 4) is 5.75 Å². The zero-order valence-corrected chi connectivity index (χ0v) is 13.4. The fourth-order valence-corrected chi connectivity index (χ4v) is 2.74. The number of nitrogens with two attached hydrogens (primary N) is 1. The zero-order chi connectivity index (χ0) is 15.5. The number of ether oxygens (including phenoxy) is 1. The van der Waals surface area contributed by atoms with Gasteiger partial charge in [0.2, 0.25) is 0 Å². The fraction of sp³-hybridized carbons (Fsp3) is 0.267. The van der Waals surface area contributed by atoms with E-state index in [0.29, 0.717) is 18.7 Å². The molecular weight excluding hydrogens is 348 g/mol. The lowest BCUT2D eigenvalue weighted by molar-refractivity contribution is 0.0773. The molecule has 0 spiro atoms. The third-order valence-electron chi connectivity index (χ3n) is 3.50. The zero-order valence-electron chi connectivity index (χ0n) is 11.8. The van der Waals surface area contributed by atoms with Gasteiger partial charge in [0.25, 0.3) is 5.91 Å². The molecule has 0 aliphatic carbocycles. The van der Waals surface area contributed by atoms with Crippen molar-refractivity contribution in [2.45, 2.75) is 12.5 Å². The van der Waals surface area contributed by atoms with Crippen molar-refractivity contribution < 1.29 is 9.53 Å². The maximum Gasteiger partial charge on any atom is 0.257 e. The first-order valence-corrected chi connectivity index (χ1v) is 7.70. The minimum Gasteiger partial charge on any atom is -0.488 e. The van der Waals surface area contributed by atoms with Crippen molar-refractivity contribution in [3.05, 3.63) is 46.8 Å². The van der Waals surface area contributed by atoms with E-state index in [1.54, 1.807) is 41.7 Å². The second-order valence-corrected chi connectivity index (χ2v) is 5.96. The van der Waals surface area contributed by atoms with Gasteiger partial charge in [0, 0.05) is 36.0 Å². The van der Waals surface area contributed by atoms with E-state index in [-0.39, 0.29) is 17.8 Å². The molecule has 2 N–H and O–H groups in total. The largest absolute Gasteiger partial charge is 0.488 e. The number of carbonyl (C=O) groups excluding carboxylic acids is 1. The van der Waals surface area contributed by atoms with E-state index in [4.69, 9.17) is 10.5 Å². The number of aromatic nitrogens is 2. The van der Waals surface area contributed by atoms with Gasteiger partial charge in [-0.3, -0.25) is 9.78 Å². The SMILES string of the molecule is Nc1ncc(Br)cc1C(=O)N1CCC(Oc2ccncc2)C1. The van der Waals surface area contributed by atoms with Crippen LogP contribution in [0.3, 0.4) is 0 Å². The molecule has 1 fully saturated rings. The van der Waals surface area contributed by atoms with Crippen molar-refractivity contribution in [1.29, 1.82) is 0 Å². The van der Waals surface area contributed by atoms with Crippen LogP contribution < -0.4 is 10.5 Å². The maximum atomic E-state index is 12.5. The average molecular weight is 363 g/mol. The number of hydrogen-bond acceptors (Lipinski definition) is 5. The Morgan fingerprint density at radius 3 is 2.95 bits per heavy atom. The van der Waals surface area contributed by atoms with Crippen LogP contribution in [-0.2, 0) is 0 Å². The Kier molecular flexibility index (Phi) is 4.24. The van der Waals surface area contributed by atoms with Crippen LogP contribution in [0.25, 0.3) is 0 Å². The molecule has 1 atom stereocenters. The number of anilines is 1. The quantitative estimate of drug-likeness (QED) is 0.904. The highest BCUT2D eigenvalue weighted by Crippen LogP contribution is 2.22. The molecule has 1 aliphatic heterocycles. The minimum absolute atomic E-state index is 0.0207. The van der Waals surface area contributed by atoms with Gasteiger partial charge >= 0.3 is 0 Å². The molecule has 2 aromatic rings. The van der Waals surface area contributed by atoms with Crippen molar-refractivity contribution in [3.63, 3.8) is 0 Å². The van der Waals surface area contributed by atoms with E-state index >= 15 is 0 Å². The molecule has 7 heteroatoms. The van der Waals surface area contributed by atoms with Crippen LogP contribution >= 0.6 is 15.9 Å². The molecule has 1 aliphatic rings. The molecule has 2 aromatic heterocycles. The number of halogens is 1. The van der Waals surface area contributed by atoms with Gasteiger partial charge in [-0.2, -0.15) is 0 Å². The van der Waals surface area contributed by atoms with E-state index < -0.39 is 0 Å². The Bertz CT molecular complexity index is 680. The Hall–Kier alpha value is -2.15. The van der Waals surface area contributed by atoms with Crippen molar-refractivity contribution >= 4 is 27.7 Å². The molecule has 3 rings (SSSR count). The van der Waals surface area contributed by atoms with Crippen LogP contribution in [0.15, 0.2) is 41.3 Å². The molecule has 6 nitrogen and oxygen atoms in total. The first kappa shape index (κ1) is 14.8. The molecule has 0 aromatic carbocycles. The highest BCUT2D eigenvalue weighted by atomic mass is 79.9. The smallest absolute Gasteiger partial charge is 0.257 e. The number of nitrogen functional groups attached to an aromatic ring is 1. The molecule has 22 heavy (non-hydrogen) atoms. The van der Waals surface area contributed by atoms with E-state index in [0.717, 1.165) is 16.6 Å². The molecule has 3 heterocycles. The van der Waals surface area contributed by atoms with Crippen LogP contribution in [0.1, 0.15) is 16.8 Å². The number of nitrogens with zero attached hydrogens (tertiary/aromatic N) is 3. The van der Waals surface area contributed by atoms with Crippen molar-refractivity contribution in [2.75, 3.05) is 18.8 Å². The van der Waals surface area contributed by atoms with E-state index in [1.807, 2.05) is 0 Å². The molecule has 0 saturated carbocycles. The predicted octanol–water partition coefficient (Wildman–Crippen LogP) is 2.11. The number of hydrogen-bond donors (Lipinski definition) is 1. The maximum absolute atomic E-state index is 12.5. The second kappa shape index (κ2) is 6.31. The normalized spacial score (nSPS) is 17.5. The van der Waals surface area contributed by atoms with Gasteiger partial charge in [0.15, 0.2) is 0 Å². The summed E-state index contributed by atoms with van der Waals surface area (Å²) in [6.45, 7) is 1.17.